The zero-order chi connectivity index (χ0) is 18.7. The number of carbonyl (C=O) groups excluding carboxylic acids is 2. The first-order valence-corrected chi connectivity index (χ1v) is 8.33. The van der Waals surface area contributed by atoms with E-state index in [1.165, 1.54) is 7.11 Å². The summed E-state index contributed by atoms with van der Waals surface area (Å²) in [5, 5.41) is 3.48. The number of nitrogens with one attached hydrogen (secondary N) is 1. The van der Waals surface area contributed by atoms with E-state index in [-0.39, 0.29) is 11.8 Å². The number of ether oxygens (including phenoxy) is 1. The number of nitrogens with zero attached hydrogens (tertiary/aromatic N) is 1. The maximum Gasteiger partial charge on any atom is 0.328 e. The predicted octanol–water partition coefficient (Wildman–Crippen LogP) is 3.42. The molecule has 1 unspecified atom stereocenters. The molecule has 3 rings (SSSR count). The van der Waals surface area contributed by atoms with E-state index in [1.54, 1.807) is 24.5 Å². The van der Waals surface area contributed by atoms with Crippen LogP contribution in [0.2, 0.25) is 0 Å². The second kappa shape index (κ2) is 7.39. The third kappa shape index (κ3) is 3.44. The number of carbonyl (C=O) groups is 2. The predicted molar refractivity (Wildman–Crippen MR) is 97.6 cm³/mol. The van der Waals surface area contributed by atoms with E-state index in [1.807, 2.05) is 38.1 Å². The van der Waals surface area contributed by atoms with Gasteiger partial charge in [0.05, 0.1) is 24.5 Å². The first-order valence-electron chi connectivity index (χ1n) is 8.33. The van der Waals surface area contributed by atoms with Crippen molar-refractivity contribution in [3.8, 4) is 11.5 Å². The Morgan fingerprint density at radius 3 is 2.58 bits per heavy atom. The van der Waals surface area contributed by atoms with Gasteiger partial charge in [-0.25, -0.2) is 9.78 Å². The maximum absolute atomic E-state index is 12.9. The van der Waals surface area contributed by atoms with Crippen LogP contribution in [0.4, 0.5) is 0 Å². The third-order valence-corrected chi connectivity index (χ3v) is 4.14. The summed E-state index contributed by atoms with van der Waals surface area (Å²) >= 11 is 0. The molecule has 26 heavy (non-hydrogen) atoms. The van der Waals surface area contributed by atoms with Crippen molar-refractivity contribution >= 4 is 22.8 Å². The summed E-state index contributed by atoms with van der Waals surface area (Å²) < 4.78 is 10.2. The van der Waals surface area contributed by atoms with Gasteiger partial charge in [-0.1, -0.05) is 32.0 Å². The van der Waals surface area contributed by atoms with Crippen molar-refractivity contribution in [3.05, 3.63) is 54.3 Å². The van der Waals surface area contributed by atoms with Gasteiger partial charge in [-0.15, -0.1) is 0 Å². The number of furan rings is 1. The fraction of sp³-hybridized carbons (Fsp3) is 0.250. The van der Waals surface area contributed by atoms with Gasteiger partial charge < -0.3 is 14.5 Å². The smallest absolute Gasteiger partial charge is 0.328 e. The van der Waals surface area contributed by atoms with Crippen molar-refractivity contribution in [1.82, 2.24) is 10.3 Å². The van der Waals surface area contributed by atoms with Crippen molar-refractivity contribution < 1.29 is 18.7 Å². The van der Waals surface area contributed by atoms with Gasteiger partial charge in [0.1, 0.15) is 11.7 Å². The van der Waals surface area contributed by atoms with Crippen LogP contribution in [0.25, 0.3) is 22.4 Å². The van der Waals surface area contributed by atoms with E-state index in [9.17, 15) is 9.59 Å². The molecule has 0 fully saturated rings. The SMILES string of the molecule is COC(=O)C(NC(=O)c1cc(-c2ccco2)nc2ccccc12)C(C)C. The van der Waals surface area contributed by atoms with E-state index < -0.39 is 12.0 Å². The molecule has 0 saturated heterocycles. The Balaban J connectivity index is 2.05. The molecule has 3 aromatic rings. The van der Waals surface area contributed by atoms with Crippen LogP contribution in [0.15, 0.2) is 53.1 Å². The normalized spacial score (nSPS) is 12.2. The lowest BCUT2D eigenvalue weighted by molar-refractivity contribution is -0.144. The molecule has 1 aromatic carbocycles. The van der Waals surface area contributed by atoms with Crippen LogP contribution in [0.5, 0.6) is 0 Å². The van der Waals surface area contributed by atoms with E-state index in [2.05, 4.69) is 10.3 Å². The highest BCUT2D eigenvalue weighted by molar-refractivity contribution is 6.08. The Bertz CT molecular complexity index is 932. The minimum atomic E-state index is -0.730. The van der Waals surface area contributed by atoms with Gasteiger partial charge in [-0.3, -0.25) is 4.79 Å². The molecule has 0 radical (unpaired) electrons. The number of para-hydroxylation sites is 1. The molecule has 1 N–H and O–H groups in total. The summed E-state index contributed by atoms with van der Waals surface area (Å²) in [6.45, 7) is 3.70. The minimum absolute atomic E-state index is 0.107. The summed E-state index contributed by atoms with van der Waals surface area (Å²) in [7, 11) is 1.31. The second-order valence-corrected chi connectivity index (χ2v) is 6.27. The molecule has 0 saturated carbocycles. The van der Waals surface area contributed by atoms with Gasteiger partial charge >= 0.3 is 5.97 Å². The van der Waals surface area contributed by atoms with Crippen molar-refractivity contribution in [1.29, 1.82) is 0 Å². The lowest BCUT2D eigenvalue weighted by Crippen LogP contribution is -2.45. The molecule has 134 valence electrons. The molecule has 0 aliphatic rings. The molecule has 0 spiro atoms. The van der Waals surface area contributed by atoms with Crippen molar-refractivity contribution in [2.75, 3.05) is 7.11 Å². The Labute approximate surface area is 151 Å². The average Bonchev–Trinajstić information content (AvgIpc) is 3.19. The number of fused-ring (bicyclic) bond motifs is 1. The van der Waals surface area contributed by atoms with Gasteiger partial charge in [0, 0.05) is 5.39 Å². The topological polar surface area (TPSA) is 81.4 Å². The number of rotatable bonds is 5. The number of hydrogen-bond donors (Lipinski definition) is 1. The molecule has 1 amide bonds. The van der Waals surface area contributed by atoms with Gasteiger partial charge in [0.15, 0.2) is 5.76 Å². The molecule has 1 atom stereocenters. The highest BCUT2D eigenvalue weighted by Gasteiger charge is 2.26. The van der Waals surface area contributed by atoms with E-state index in [0.29, 0.717) is 27.9 Å². The van der Waals surface area contributed by atoms with Crippen LogP contribution >= 0.6 is 0 Å². The van der Waals surface area contributed by atoms with Crippen LogP contribution in [-0.4, -0.2) is 30.0 Å². The summed E-state index contributed by atoms with van der Waals surface area (Å²) in [4.78, 5) is 29.5. The molecule has 0 aliphatic heterocycles. The van der Waals surface area contributed by atoms with E-state index in [0.717, 1.165) is 0 Å². The van der Waals surface area contributed by atoms with Gasteiger partial charge in [-0.05, 0) is 30.2 Å². The number of esters is 1. The highest BCUT2D eigenvalue weighted by Crippen LogP contribution is 2.25. The summed E-state index contributed by atoms with van der Waals surface area (Å²) in [6, 6.07) is 11.8. The standard InChI is InChI=1S/C20H20N2O4/c1-12(2)18(20(24)25-3)22-19(23)14-11-16(17-9-6-10-26-17)21-15-8-5-4-7-13(14)15/h4-12,18H,1-3H3,(H,22,23). The van der Waals surface area contributed by atoms with Crippen LogP contribution < -0.4 is 5.32 Å². The van der Waals surface area contributed by atoms with Crippen LogP contribution in [0.1, 0.15) is 24.2 Å². The Morgan fingerprint density at radius 1 is 1.15 bits per heavy atom. The number of benzene rings is 1. The Kier molecular flexibility index (Phi) is 5.02. The minimum Gasteiger partial charge on any atom is -0.467 e. The summed E-state index contributed by atoms with van der Waals surface area (Å²) in [5.74, 6) is -0.374. The molecular weight excluding hydrogens is 332 g/mol. The largest absolute Gasteiger partial charge is 0.467 e. The molecule has 0 aliphatic carbocycles. The molecular formula is C20H20N2O4. The molecule has 0 bridgehead atoms. The third-order valence-electron chi connectivity index (χ3n) is 4.14. The zero-order valence-corrected chi connectivity index (χ0v) is 14.9. The highest BCUT2D eigenvalue weighted by atomic mass is 16.5. The van der Waals surface area contributed by atoms with E-state index in [4.69, 9.17) is 9.15 Å². The summed E-state index contributed by atoms with van der Waals surface area (Å²) in [5.41, 5.74) is 1.65. The van der Waals surface area contributed by atoms with Crippen molar-refractivity contribution in [2.45, 2.75) is 19.9 Å². The first kappa shape index (κ1) is 17.7. The average molecular weight is 352 g/mol. The molecule has 2 aromatic heterocycles. The number of amides is 1. The monoisotopic (exact) mass is 352 g/mol. The summed E-state index contributed by atoms with van der Waals surface area (Å²) in [6.07, 6.45) is 1.55. The van der Waals surface area contributed by atoms with Crippen LogP contribution in [0.3, 0.4) is 0 Å². The van der Waals surface area contributed by atoms with Gasteiger partial charge in [0.25, 0.3) is 5.91 Å². The number of aromatic nitrogens is 1. The number of hydrogen-bond acceptors (Lipinski definition) is 5. The van der Waals surface area contributed by atoms with Gasteiger partial charge in [0.2, 0.25) is 0 Å². The lowest BCUT2D eigenvalue weighted by Gasteiger charge is -2.20. The first-order chi connectivity index (χ1) is 12.5. The fourth-order valence-corrected chi connectivity index (χ4v) is 2.76. The maximum atomic E-state index is 12.9. The lowest BCUT2D eigenvalue weighted by atomic mass is 10.0. The Hall–Kier alpha value is -3.15. The zero-order valence-electron chi connectivity index (χ0n) is 14.9. The van der Waals surface area contributed by atoms with Crippen molar-refractivity contribution in [2.24, 2.45) is 5.92 Å². The Morgan fingerprint density at radius 2 is 1.92 bits per heavy atom. The van der Waals surface area contributed by atoms with Gasteiger partial charge in [-0.2, -0.15) is 0 Å². The number of pyridine rings is 1. The number of methoxy groups -OCH3 is 1. The van der Waals surface area contributed by atoms with Crippen LogP contribution in [0, 0.1) is 5.92 Å². The van der Waals surface area contributed by atoms with E-state index >= 15 is 0 Å². The van der Waals surface area contributed by atoms with Crippen LogP contribution in [-0.2, 0) is 9.53 Å². The molecule has 6 nitrogen and oxygen atoms in total. The van der Waals surface area contributed by atoms with Crippen molar-refractivity contribution in [3.63, 3.8) is 0 Å². The molecule has 6 heteroatoms. The quantitative estimate of drug-likeness (QED) is 0.712. The fourth-order valence-electron chi connectivity index (χ4n) is 2.76. The molecule has 2 heterocycles. The second-order valence-electron chi connectivity index (χ2n) is 6.27.